The van der Waals surface area contributed by atoms with Crippen LogP contribution in [0.15, 0.2) is 24.3 Å². The Morgan fingerprint density at radius 2 is 1.97 bits per heavy atom. The number of nitrogens with zero attached hydrogens (tertiary/aromatic N) is 2. The van der Waals surface area contributed by atoms with Crippen molar-refractivity contribution in [1.82, 2.24) is 9.88 Å². The van der Waals surface area contributed by atoms with E-state index in [-0.39, 0.29) is 12.0 Å². The quantitative estimate of drug-likeness (QED) is 0.613. The lowest BCUT2D eigenvalue weighted by Crippen LogP contribution is -2.35. The number of carbonyl (C=O) groups excluding carboxylic acids is 2. The van der Waals surface area contributed by atoms with Crippen molar-refractivity contribution < 1.29 is 14.3 Å². The van der Waals surface area contributed by atoms with Crippen molar-refractivity contribution in [1.29, 1.82) is 0 Å². The Balaban J connectivity index is 1.80. The van der Waals surface area contributed by atoms with Crippen molar-refractivity contribution in [3.8, 4) is 10.6 Å². The molecule has 0 saturated heterocycles. The van der Waals surface area contributed by atoms with Crippen LogP contribution >= 0.6 is 22.7 Å². The summed E-state index contributed by atoms with van der Waals surface area (Å²) in [6, 6.07) is 8.04. The first-order chi connectivity index (χ1) is 13.8. The van der Waals surface area contributed by atoms with Crippen LogP contribution in [0.2, 0.25) is 0 Å². The van der Waals surface area contributed by atoms with E-state index in [1.54, 1.807) is 16.2 Å². The summed E-state index contributed by atoms with van der Waals surface area (Å²) < 4.78 is 6.00. The molecule has 6 nitrogen and oxygen atoms in total. The predicted molar refractivity (Wildman–Crippen MR) is 118 cm³/mol. The van der Waals surface area contributed by atoms with Crippen LogP contribution in [-0.4, -0.2) is 35.5 Å². The maximum Gasteiger partial charge on any atom is 0.409 e. The molecule has 0 aliphatic carbocycles. The Bertz CT molecular complexity index is 1060. The molecule has 0 saturated carbocycles. The fourth-order valence-corrected chi connectivity index (χ4v) is 5.64. The summed E-state index contributed by atoms with van der Waals surface area (Å²) in [5.74, 6) is -0.0386. The minimum Gasteiger partial charge on any atom is -0.453 e. The van der Waals surface area contributed by atoms with Crippen LogP contribution in [0.1, 0.15) is 31.2 Å². The first-order valence-corrected chi connectivity index (χ1v) is 11.1. The molecule has 1 N–H and O–H groups in total. The fraction of sp³-hybridized carbons (Fsp3) is 0.381. The first kappa shape index (κ1) is 19.8. The smallest absolute Gasteiger partial charge is 0.409 e. The van der Waals surface area contributed by atoms with Crippen molar-refractivity contribution in [3.05, 3.63) is 34.7 Å². The number of amides is 2. The van der Waals surface area contributed by atoms with Gasteiger partial charge in [-0.3, -0.25) is 4.79 Å². The highest BCUT2D eigenvalue weighted by atomic mass is 32.1. The maximum atomic E-state index is 12.7. The average Bonchev–Trinajstić information content (AvgIpc) is 3.26. The van der Waals surface area contributed by atoms with E-state index in [1.165, 1.54) is 24.0 Å². The van der Waals surface area contributed by atoms with E-state index in [2.05, 4.69) is 11.4 Å². The van der Waals surface area contributed by atoms with Gasteiger partial charge in [0.1, 0.15) is 10.0 Å². The topological polar surface area (TPSA) is 71.5 Å². The van der Waals surface area contributed by atoms with E-state index in [9.17, 15) is 9.59 Å². The number of carbonyl (C=O) groups is 2. The molecule has 8 heteroatoms. The number of benzene rings is 1. The molecule has 1 aliphatic rings. The lowest BCUT2D eigenvalue weighted by atomic mass is 9.95. The molecule has 3 aromatic rings. The molecule has 0 fully saturated rings. The number of rotatable bonds is 2. The first-order valence-electron chi connectivity index (χ1n) is 9.42. The highest BCUT2D eigenvalue weighted by molar-refractivity contribution is 7.22. The van der Waals surface area contributed by atoms with Gasteiger partial charge < -0.3 is 15.0 Å². The minimum absolute atomic E-state index is 0.0386. The summed E-state index contributed by atoms with van der Waals surface area (Å²) in [5.41, 5.74) is 2.60. The molecule has 4 rings (SSSR count). The highest BCUT2D eigenvalue weighted by Crippen LogP contribution is 2.46. The molecule has 0 atom stereocenters. The minimum atomic E-state index is -0.507. The van der Waals surface area contributed by atoms with E-state index in [0.717, 1.165) is 30.7 Å². The van der Waals surface area contributed by atoms with Crippen molar-refractivity contribution in [2.24, 2.45) is 5.41 Å². The van der Waals surface area contributed by atoms with Gasteiger partial charge in [-0.1, -0.05) is 32.9 Å². The van der Waals surface area contributed by atoms with Crippen LogP contribution in [-0.2, 0) is 22.5 Å². The summed E-state index contributed by atoms with van der Waals surface area (Å²) in [7, 11) is 1.40. The maximum absolute atomic E-state index is 12.7. The molecule has 1 aliphatic heterocycles. The Morgan fingerprint density at radius 3 is 2.66 bits per heavy atom. The lowest BCUT2D eigenvalue weighted by molar-refractivity contribution is -0.123. The third-order valence-corrected chi connectivity index (χ3v) is 7.09. The normalized spacial score (nSPS) is 14.0. The largest absolute Gasteiger partial charge is 0.453 e. The van der Waals surface area contributed by atoms with E-state index in [0.29, 0.717) is 19.5 Å². The zero-order valence-corrected chi connectivity index (χ0v) is 18.5. The van der Waals surface area contributed by atoms with Gasteiger partial charge in [0.15, 0.2) is 0 Å². The SMILES string of the molecule is COC(=O)N1CCc2c(sc(NC(=O)C(C)(C)C)c2-c2nc3ccccc3s2)C1. The summed E-state index contributed by atoms with van der Waals surface area (Å²) in [5, 5.41) is 4.83. The number of anilines is 1. The second-order valence-corrected chi connectivity index (χ2v) is 10.2. The predicted octanol–water partition coefficient (Wildman–Crippen LogP) is 5.13. The Hall–Kier alpha value is -2.45. The Labute approximate surface area is 177 Å². The zero-order chi connectivity index (χ0) is 20.8. The average molecular weight is 430 g/mol. The van der Waals surface area contributed by atoms with Crippen molar-refractivity contribution in [3.63, 3.8) is 0 Å². The fourth-order valence-electron chi connectivity index (χ4n) is 3.27. The van der Waals surface area contributed by atoms with Gasteiger partial charge in [-0.25, -0.2) is 9.78 Å². The molecule has 0 bridgehead atoms. The van der Waals surface area contributed by atoms with Crippen LogP contribution in [0.5, 0.6) is 0 Å². The Kier molecular flexibility index (Phi) is 5.08. The molecule has 152 valence electrons. The van der Waals surface area contributed by atoms with Crippen LogP contribution < -0.4 is 5.32 Å². The number of aromatic nitrogens is 1. The zero-order valence-electron chi connectivity index (χ0n) is 16.9. The van der Waals surface area contributed by atoms with E-state index < -0.39 is 5.41 Å². The van der Waals surface area contributed by atoms with E-state index in [1.807, 2.05) is 39.0 Å². The number of thiophene rings is 1. The molecule has 0 radical (unpaired) electrons. The van der Waals surface area contributed by atoms with Gasteiger partial charge >= 0.3 is 6.09 Å². The van der Waals surface area contributed by atoms with Gasteiger partial charge in [0.2, 0.25) is 5.91 Å². The number of hydrogen-bond acceptors (Lipinski definition) is 6. The molecular formula is C21H23N3O3S2. The van der Waals surface area contributed by atoms with Crippen LogP contribution in [0.25, 0.3) is 20.8 Å². The van der Waals surface area contributed by atoms with Crippen molar-refractivity contribution >= 4 is 49.9 Å². The molecule has 2 aromatic heterocycles. The summed E-state index contributed by atoms with van der Waals surface area (Å²) in [6.45, 7) is 6.75. The number of nitrogens with one attached hydrogen (secondary N) is 1. The van der Waals surface area contributed by atoms with Gasteiger partial charge in [0, 0.05) is 22.4 Å². The third kappa shape index (κ3) is 3.74. The van der Waals surface area contributed by atoms with Gasteiger partial charge in [0.25, 0.3) is 0 Å². The standard InChI is InChI=1S/C21H23N3O3S2/c1-21(2,3)19(25)23-18-16(17-22-13-7-5-6-8-14(13)28-17)12-9-10-24(20(26)27-4)11-15(12)29-18/h5-8H,9-11H2,1-4H3,(H,23,25). The molecule has 29 heavy (non-hydrogen) atoms. The van der Waals surface area contributed by atoms with Crippen LogP contribution in [0.3, 0.4) is 0 Å². The van der Waals surface area contributed by atoms with Gasteiger partial charge in [0.05, 0.1) is 23.9 Å². The molecule has 0 spiro atoms. The lowest BCUT2D eigenvalue weighted by Gasteiger charge is -2.25. The monoisotopic (exact) mass is 429 g/mol. The van der Waals surface area contributed by atoms with Gasteiger partial charge in [-0.05, 0) is 24.1 Å². The summed E-state index contributed by atoms with van der Waals surface area (Å²) >= 11 is 3.16. The number of hydrogen-bond donors (Lipinski definition) is 1. The molecule has 3 heterocycles. The highest BCUT2D eigenvalue weighted by Gasteiger charge is 2.31. The molecular weight excluding hydrogens is 406 g/mol. The second kappa shape index (κ2) is 7.42. The number of ether oxygens (including phenoxy) is 1. The summed E-state index contributed by atoms with van der Waals surface area (Å²) in [4.78, 5) is 32.3. The third-order valence-electron chi connectivity index (χ3n) is 4.91. The molecule has 0 unspecified atom stereocenters. The molecule has 2 amide bonds. The van der Waals surface area contributed by atoms with Crippen molar-refractivity contribution in [2.75, 3.05) is 19.0 Å². The summed E-state index contributed by atoms with van der Waals surface area (Å²) in [6.07, 6.45) is 0.378. The van der Waals surface area contributed by atoms with Gasteiger partial charge in [-0.2, -0.15) is 0 Å². The molecule has 1 aromatic carbocycles. The second-order valence-electron chi connectivity index (χ2n) is 8.04. The number of methoxy groups -OCH3 is 1. The number of thiazole rings is 1. The van der Waals surface area contributed by atoms with Crippen LogP contribution in [0.4, 0.5) is 9.80 Å². The number of fused-ring (bicyclic) bond motifs is 2. The number of para-hydroxylation sites is 1. The van der Waals surface area contributed by atoms with Crippen molar-refractivity contribution in [2.45, 2.75) is 33.7 Å². The van der Waals surface area contributed by atoms with Gasteiger partial charge in [-0.15, -0.1) is 22.7 Å². The van der Waals surface area contributed by atoms with E-state index in [4.69, 9.17) is 9.72 Å². The van der Waals surface area contributed by atoms with E-state index >= 15 is 0 Å². The van der Waals surface area contributed by atoms with Crippen LogP contribution in [0, 0.1) is 5.41 Å². The Morgan fingerprint density at radius 1 is 1.21 bits per heavy atom.